The van der Waals surface area contributed by atoms with Crippen LogP contribution >= 0.6 is 11.8 Å². The normalized spacial score (nSPS) is 13.6. The lowest BCUT2D eigenvalue weighted by molar-refractivity contribution is -0.145. The molecule has 3 rings (SSSR count). The van der Waals surface area contributed by atoms with E-state index in [9.17, 15) is 24.3 Å². The highest BCUT2D eigenvalue weighted by atomic mass is 32.2. The molecular weight excluding hydrogens is 534 g/mol. The molecule has 0 saturated heterocycles. The molecule has 0 saturated carbocycles. The third kappa shape index (κ3) is 7.47. The highest BCUT2D eigenvalue weighted by Gasteiger charge is 2.34. The molecule has 3 atom stereocenters. The Balaban J connectivity index is 2.16. The first-order valence-electron chi connectivity index (χ1n) is 13.0. The summed E-state index contributed by atoms with van der Waals surface area (Å²) in [5.74, 6) is -2.72. The molecule has 2 aromatic carbocycles. The van der Waals surface area contributed by atoms with Crippen molar-refractivity contribution in [2.24, 2.45) is 11.8 Å². The van der Waals surface area contributed by atoms with Crippen LogP contribution in [0.1, 0.15) is 61.2 Å². The van der Waals surface area contributed by atoms with Crippen LogP contribution in [0.4, 0.5) is 0 Å². The number of esters is 2. The number of amides is 1. The second kappa shape index (κ2) is 14.1. The summed E-state index contributed by atoms with van der Waals surface area (Å²) in [6.07, 6.45) is 2.19. The van der Waals surface area contributed by atoms with Crippen molar-refractivity contribution in [3.05, 3.63) is 47.5 Å². The highest BCUT2D eigenvalue weighted by Crippen LogP contribution is 2.42. The van der Waals surface area contributed by atoms with E-state index in [4.69, 9.17) is 19.4 Å². The molecule has 2 N–H and O–H groups in total. The Labute approximate surface area is 237 Å². The van der Waals surface area contributed by atoms with Crippen molar-refractivity contribution in [1.82, 2.24) is 15.3 Å². The number of hydrogen-bond donors (Lipinski definition) is 2. The first kappa shape index (κ1) is 30.8. The number of nitrogens with one attached hydrogen (secondary N) is 1. The first-order valence-corrected chi connectivity index (χ1v) is 14.1. The second-order valence-electron chi connectivity index (χ2n) is 9.90. The maximum absolute atomic E-state index is 13.2. The molecule has 0 aliphatic carbocycles. The van der Waals surface area contributed by atoms with Gasteiger partial charge in [-0.1, -0.05) is 44.9 Å². The van der Waals surface area contributed by atoms with Crippen molar-refractivity contribution in [2.45, 2.75) is 51.3 Å². The number of rotatable bonds is 13. The number of fused-ring (bicyclic) bond motifs is 2. The van der Waals surface area contributed by atoms with Gasteiger partial charge < -0.3 is 19.9 Å². The van der Waals surface area contributed by atoms with Crippen molar-refractivity contribution >= 4 is 57.6 Å². The van der Waals surface area contributed by atoms with Gasteiger partial charge in [0.1, 0.15) is 11.6 Å². The van der Waals surface area contributed by atoms with E-state index in [-0.39, 0.29) is 11.3 Å². The molecule has 10 nitrogen and oxygen atoms in total. The summed E-state index contributed by atoms with van der Waals surface area (Å²) in [5.41, 5.74) is 2.87. The molecule has 40 heavy (non-hydrogen) atoms. The number of hydrogen-bond acceptors (Lipinski definition) is 9. The van der Waals surface area contributed by atoms with E-state index in [0.717, 1.165) is 12.8 Å². The molecule has 0 spiro atoms. The lowest BCUT2D eigenvalue weighted by atomic mass is 9.91. The van der Waals surface area contributed by atoms with E-state index in [0.29, 0.717) is 40.0 Å². The molecule has 1 heterocycles. The Morgan fingerprint density at radius 3 is 2.20 bits per heavy atom. The smallest absolute Gasteiger partial charge is 0.340 e. The van der Waals surface area contributed by atoms with Crippen LogP contribution in [0.3, 0.4) is 0 Å². The van der Waals surface area contributed by atoms with Crippen molar-refractivity contribution in [1.29, 1.82) is 0 Å². The van der Waals surface area contributed by atoms with Gasteiger partial charge >= 0.3 is 17.9 Å². The molecule has 11 heteroatoms. The number of carboxylic acid groups (broad SMARTS) is 1. The summed E-state index contributed by atoms with van der Waals surface area (Å²) in [5, 5.41) is 11.6. The van der Waals surface area contributed by atoms with Gasteiger partial charge in [0.25, 0.3) is 0 Å². The van der Waals surface area contributed by atoms with Crippen LogP contribution in [0, 0.1) is 11.8 Å². The molecule has 1 aromatic heterocycles. The van der Waals surface area contributed by atoms with E-state index >= 15 is 0 Å². The molecule has 0 aliphatic heterocycles. The number of carboxylic acids is 1. The zero-order valence-corrected chi connectivity index (χ0v) is 24.1. The average Bonchev–Trinajstić information content (AvgIpc) is 2.92. The Morgan fingerprint density at radius 1 is 0.950 bits per heavy atom. The van der Waals surface area contributed by atoms with Crippen molar-refractivity contribution in [3.63, 3.8) is 0 Å². The van der Waals surface area contributed by atoms with Gasteiger partial charge in [0.2, 0.25) is 5.91 Å². The first-order chi connectivity index (χ1) is 19.1. The van der Waals surface area contributed by atoms with Gasteiger partial charge in [-0.05, 0) is 36.1 Å². The van der Waals surface area contributed by atoms with Gasteiger partial charge in [-0.2, -0.15) is 11.8 Å². The van der Waals surface area contributed by atoms with Gasteiger partial charge in [0.05, 0.1) is 42.3 Å². The lowest BCUT2D eigenvalue weighted by Crippen LogP contribution is -2.41. The fraction of sp³-hybridized carbons (Fsp3) is 0.448. The van der Waals surface area contributed by atoms with E-state index in [1.54, 1.807) is 30.3 Å². The van der Waals surface area contributed by atoms with E-state index in [1.807, 2.05) is 6.07 Å². The fourth-order valence-corrected chi connectivity index (χ4v) is 6.05. The van der Waals surface area contributed by atoms with Gasteiger partial charge in [0.15, 0.2) is 0 Å². The van der Waals surface area contributed by atoms with Crippen LogP contribution in [-0.4, -0.2) is 64.9 Å². The van der Waals surface area contributed by atoms with Gasteiger partial charge in [0, 0.05) is 17.9 Å². The maximum Gasteiger partial charge on any atom is 0.340 e. The Hall–Kier alpha value is -3.73. The predicted octanol–water partition coefficient (Wildman–Crippen LogP) is 4.55. The average molecular weight is 570 g/mol. The summed E-state index contributed by atoms with van der Waals surface area (Å²) in [7, 11) is 2.63. The minimum absolute atomic E-state index is 0.0150. The molecule has 1 amide bonds. The van der Waals surface area contributed by atoms with E-state index in [2.05, 4.69) is 19.2 Å². The van der Waals surface area contributed by atoms with Crippen LogP contribution in [0.5, 0.6) is 0 Å². The minimum Gasteiger partial charge on any atom is -0.480 e. The number of thioether (sulfide) groups is 1. The predicted molar refractivity (Wildman–Crippen MR) is 153 cm³/mol. The standard InChI is InChI=1S/C29H35N3O7S/c1-16(2)9-6-12-20(29(37)39-5)26(40-15-23(27(34)35)30-17(3)33)18-10-7-13-21-24(18)31-22-14-8-11-19(25(22)32-21)28(36)38-4/h7-8,10-11,13-14,16,20,23,26H,6,9,12,15H2,1-5H3,(H,30,33)(H,34,35)/t20-,23+,26-/m1/s1. The van der Waals surface area contributed by atoms with Gasteiger partial charge in [-0.25, -0.2) is 19.6 Å². The minimum atomic E-state index is -1.17. The second-order valence-corrected chi connectivity index (χ2v) is 11.1. The molecule has 0 bridgehead atoms. The SMILES string of the molecule is COC(=O)c1cccc2nc3c([C@@H](SC[C@H](NC(C)=O)C(=O)O)[C@@H](CCCC(C)C)C(=O)OC)cccc3nc12. The number of carbonyl (C=O) groups is 4. The Bertz CT molecular complexity index is 1390. The number of aromatic nitrogens is 2. The van der Waals surface area contributed by atoms with Crippen LogP contribution in [0.25, 0.3) is 22.1 Å². The van der Waals surface area contributed by atoms with E-state index in [1.165, 1.54) is 32.9 Å². The molecular formula is C29H35N3O7S. The zero-order chi connectivity index (χ0) is 29.4. The van der Waals surface area contributed by atoms with Crippen molar-refractivity contribution < 1.29 is 33.8 Å². The summed E-state index contributed by atoms with van der Waals surface area (Å²) < 4.78 is 10.1. The molecule has 0 radical (unpaired) electrons. The Morgan fingerprint density at radius 2 is 1.60 bits per heavy atom. The van der Waals surface area contributed by atoms with Crippen molar-refractivity contribution in [3.8, 4) is 0 Å². The third-order valence-electron chi connectivity index (χ3n) is 6.52. The number of ether oxygens (including phenoxy) is 2. The van der Waals surface area contributed by atoms with Crippen LogP contribution in [-0.2, 0) is 23.9 Å². The molecule has 0 unspecified atom stereocenters. The fourth-order valence-electron chi connectivity index (χ4n) is 4.58. The maximum atomic E-state index is 13.2. The molecule has 3 aromatic rings. The topological polar surface area (TPSA) is 145 Å². The van der Waals surface area contributed by atoms with Gasteiger partial charge in [-0.15, -0.1) is 0 Å². The molecule has 0 aliphatic rings. The monoisotopic (exact) mass is 569 g/mol. The number of benzene rings is 2. The zero-order valence-electron chi connectivity index (χ0n) is 23.3. The van der Waals surface area contributed by atoms with Crippen LogP contribution < -0.4 is 5.32 Å². The number of aliphatic carboxylic acids is 1. The van der Waals surface area contributed by atoms with Gasteiger partial charge in [-0.3, -0.25) is 9.59 Å². The number of para-hydroxylation sites is 2. The lowest BCUT2D eigenvalue weighted by Gasteiger charge is -2.27. The highest BCUT2D eigenvalue weighted by molar-refractivity contribution is 7.99. The molecule has 214 valence electrons. The van der Waals surface area contributed by atoms with Crippen molar-refractivity contribution in [2.75, 3.05) is 20.0 Å². The van der Waals surface area contributed by atoms with E-state index < -0.39 is 41.0 Å². The van der Waals surface area contributed by atoms with Crippen LogP contribution in [0.2, 0.25) is 0 Å². The molecule has 0 fully saturated rings. The Kier molecular flexibility index (Phi) is 10.8. The largest absolute Gasteiger partial charge is 0.480 e. The number of carbonyl (C=O) groups excluding carboxylic acids is 3. The third-order valence-corrected chi connectivity index (χ3v) is 7.99. The summed E-state index contributed by atoms with van der Waals surface area (Å²) in [6.45, 7) is 5.48. The quantitative estimate of drug-likeness (QED) is 0.222. The number of nitrogens with zero attached hydrogens (tertiary/aromatic N) is 2. The summed E-state index contributed by atoms with van der Waals surface area (Å²) in [6, 6.07) is 9.30. The van der Waals surface area contributed by atoms with Crippen LogP contribution in [0.15, 0.2) is 36.4 Å². The number of methoxy groups -OCH3 is 2. The summed E-state index contributed by atoms with van der Waals surface area (Å²) >= 11 is 1.26. The summed E-state index contributed by atoms with van der Waals surface area (Å²) in [4.78, 5) is 58.6.